The molecule has 0 saturated carbocycles. The summed E-state index contributed by atoms with van der Waals surface area (Å²) in [5.41, 5.74) is 6.46. The molecule has 0 spiro atoms. The maximum Gasteiger partial charge on any atom is 0.262 e. The number of nitrogens with zero attached hydrogens (tertiary/aromatic N) is 1. The van der Waals surface area contributed by atoms with Gasteiger partial charge in [0.05, 0.1) is 16.5 Å². The van der Waals surface area contributed by atoms with Gasteiger partial charge in [-0.25, -0.2) is 0 Å². The molecule has 5 rings (SSSR count). The first-order chi connectivity index (χ1) is 15.5. The van der Waals surface area contributed by atoms with Gasteiger partial charge in [0.25, 0.3) is 5.56 Å². The molecule has 0 saturated heterocycles. The van der Waals surface area contributed by atoms with Gasteiger partial charge in [-0.15, -0.1) is 0 Å². The van der Waals surface area contributed by atoms with Gasteiger partial charge in [0.2, 0.25) is 5.88 Å². The number of anilines is 2. The number of hydrogen-bond acceptors (Lipinski definition) is 3. The molecule has 0 aliphatic carbocycles. The van der Waals surface area contributed by atoms with Crippen LogP contribution in [0.25, 0.3) is 33.0 Å². The lowest BCUT2D eigenvalue weighted by Gasteiger charge is -2.10. The van der Waals surface area contributed by atoms with Crippen LogP contribution in [-0.4, -0.2) is 4.57 Å². The minimum Gasteiger partial charge on any atom is -0.439 e. The van der Waals surface area contributed by atoms with Gasteiger partial charge in [0, 0.05) is 18.1 Å². The number of fused-ring (bicyclic) bond motifs is 3. The average Bonchev–Trinajstić information content (AvgIpc) is 3.18. The van der Waals surface area contributed by atoms with Crippen molar-refractivity contribution in [2.24, 2.45) is 7.05 Å². The van der Waals surface area contributed by atoms with Crippen molar-refractivity contribution in [3.05, 3.63) is 94.3 Å². The fourth-order valence-corrected chi connectivity index (χ4v) is 4.29. The number of benzene rings is 3. The van der Waals surface area contributed by atoms with Crippen LogP contribution in [0.15, 0.2) is 82.0 Å². The third-order valence-corrected chi connectivity index (χ3v) is 6.20. The maximum absolute atomic E-state index is 13.5. The van der Waals surface area contributed by atoms with E-state index in [2.05, 4.69) is 56.4 Å². The van der Waals surface area contributed by atoms with E-state index < -0.39 is 0 Å². The van der Waals surface area contributed by atoms with E-state index in [9.17, 15) is 4.79 Å². The lowest BCUT2D eigenvalue weighted by molar-refractivity contribution is 0.637. The van der Waals surface area contributed by atoms with Gasteiger partial charge in [-0.1, -0.05) is 68.4 Å². The Labute approximate surface area is 187 Å². The standard InChI is InChI=1S/C28H26N2O2/c1-17(2)19-13-15-20(16-14-19)24-25-26(21-10-6-8-12-23(21)30(4)28(25)31)32-27(24)29-22-11-7-5-9-18(22)3/h5-17,29H,1-4H3. The van der Waals surface area contributed by atoms with Crippen molar-refractivity contribution in [3.63, 3.8) is 0 Å². The number of hydrogen-bond donors (Lipinski definition) is 1. The molecular formula is C28H26N2O2. The van der Waals surface area contributed by atoms with E-state index in [1.807, 2.05) is 49.5 Å². The quantitative estimate of drug-likeness (QED) is 0.335. The van der Waals surface area contributed by atoms with Gasteiger partial charge < -0.3 is 14.3 Å². The number of para-hydroxylation sites is 2. The van der Waals surface area contributed by atoms with Crippen molar-refractivity contribution in [1.82, 2.24) is 4.57 Å². The van der Waals surface area contributed by atoms with Gasteiger partial charge in [0.15, 0.2) is 5.58 Å². The van der Waals surface area contributed by atoms with Crippen molar-refractivity contribution >= 4 is 33.4 Å². The number of aromatic nitrogens is 1. The molecule has 5 aromatic rings. The van der Waals surface area contributed by atoms with E-state index in [1.165, 1.54) is 5.56 Å². The molecule has 3 aromatic carbocycles. The van der Waals surface area contributed by atoms with E-state index in [0.29, 0.717) is 22.8 Å². The summed E-state index contributed by atoms with van der Waals surface area (Å²) in [6.45, 7) is 6.40. The second kappa shape index (κ2) is 7.72. The normalized spacial score (nSPS) is 11.5. The Bertz CT molecular complexity index is 1510. The van der Waals surface area contributed by atoms with Crippen molar-refractivity contribution in [2.75, 3.05) is 5.32 Å². The molecule has 4 nitrogen and oxygen atoms in total. The second-order valence-corrected chi connectivity index (χ2v) is 8.61. The largest absolute Gasteiger partial charge is 0.439 e. The summed E-state index contributed by atoms with van der Waals surface area (Å²) in [5.74, 6) is 1.02. The first-order valence-electron chi connectivity index (χ1n) is 10.9. The molecule has 32 heavy (non-hydrogen) atoms. The highest BCUT2D eigenvalue weighted by molar-refractivity contribution is 6.11. The number of nitrogens with one attached hydrogen (secondary N) is 1. The van der Waals surface area contributed by atoms with Crippen LogP contribution < -0.4 is 10.9 Å². The van der Waals surface area contributed by atoms with Crippen LogP contribution in [0.3, 0.4) is 0 Å². The number of aryl methyl sites for hydroxylation is 2. The average molecular weight is 423 g/mol. The molecule has 0 unspecified atom stereocenters. The van der Waals surface area contributed by atoms with Crippen molar-refractivity contribution in [2.45, 2.75) is 26.7 Å². The predicted molar refractivity (Wildman–Crippen MR) is 133 cm³/mol. The zero-order chi connectivity index (χ0) is 22.4. The van der Waals surface area contributed by atoms with Gasteiger partial charge in [0.1, 0.15) is 0 Å². The lowest BCUT2D eigenvalue weighted by atomic mass is 9.98. The van der Waals surface area contributed by atoms with Crippen LogP contribution >= 0.6 is 0 Å². The minimum absolute atomic E-state index is 0.0665. The fourth-order valence-electron chi connectivity index (χ4n) is 4.29. The Kier molecular flexibility index (Phi) is 4.86. The Balaban J connectivity index is 1.84. The summed E-state index contributed by atoms with van der Waals surface area (Å²) in [6, 6.07) is 24.3. The van der Waals surface area contributed by atoms with Crippen LogP contribution in [0.2, 0.25) is 0 Å². The topological polar surface area (TPSA) is 47.2 Å². The second-order valence-electron chi connectivity index (χ2n) is 8.61. The van der Waals surface area contributed by atoms with E-state index in [1.54, 1.807) is 4.57 Å². The number of rotatable bonds is 4. The Morgan fingerprint density at radius 2 is 1.59 bits per heavy atom. The van der Waals surface area contributed by atoms with Crippen molar-refractivity contribution in [1.29, 1.82) is 0 Å². The molecule has 0 bridgehead atoms. The first kappa shape index (κ1) is 20.1. The van der Waals surface area contributed by atoms with Crippen LogP contribution in [0.5, 0.6) is 0 Å². The summed E-state index contributed by atoms with van der Waals surface area (Å²) in [4.78, 5) is 13.5. The Morgan fingerprint density at radius 3 is 2.31 bits per heavy atom. The lowest BCUT2D eigenvalue weighted by Crippen LogP contribution is -2.17. The van der Waals surface area contributed by atoms with Crippen LogP contribution in [0.4, 0.5) is 11.6 Å². The summed E-state index contributed by atoms with van der Waals surface area (Å²) < 4.78 is 8.12. The SMILES string of the molecule is Cc1ccccc1Nc1oc2c(c1-c1ccc(C(C)C)cc1)c(=O)n(C)c1ccccc21. The molecule has 0 atom stereocenters. The van der Waals surface area contributed by atoms with Gasteiger partial charge in [-0.3, -0.25) is 4.79 Å². The van der Waals surface area contributed by atoms with Gasteiger partial charge in [-0.05, 0) is 47.7 Å². The molecule has 0 fully saturated rings. The molecule has 2 heterocycles. The molecule has 0 radical (unpaired) electrons. The van der Waals surface area contributed by atoms with E-state index in [4.69, 9.17) is 4.42 Å². The molecule has 160 valence electrons. The highest BCUT2D eigenvalue weighted by atomic mass is 16.4. The first-order valence-corrected chi connectivity index (χ1v) is 10.9. The minimum atomic E-state index is -0.0665. The summed E-state index contributed by atoms with van der Waals surface area (Å²) in [7, 11) is 1.82. The van der Waals surface area contributed by atoms with Crippen LogP contribution in [0, 0.1) is 6.92 Å². The van der Waals surface area contributed by atoms with Crippen molar-refractivity contribution < 1.29 is 4.42 Å². The molecular weight excluding hydrogens is 396 g/mol. The number of furan rings is 1. The zero-order valence-corrected chi connectivity index (χ0v) is 18.8. The maximum atomic E-state index is 13.5. The predicted octanol–water partition coefficient (Wildman–Crippen LogP) is 7.13. The molecule has 0 aliphatic rings. The highest BCUT2D eigenvalue weighted by Crippen LogP contribution is 2.41. The van der Waals surface area contributed by atoms with Crippen molar-refractivity contribution in [3.8, 4) is 11.1 Å². The van der Waals surface area contributed by atoms with E-state index in [-0.39, 0.29) is 5.56 Å². The molecule has 4 heteroatoms. The summed E-state index contributed by atoms with van der Waals surface area (Å²) in [6.07, 6.45) is 0. The van der Waals surface area contributed by atoms with Crippen LogP contribution in [-0.2, 0) is 7.05 Å². The third kappa shape index (κ3) is 3.19. The number of pyridine rings is 1. The Hall–Kier alpha value is -3.79. The summed E-state index contributed by atoms with van der Waals surface area (Å²) >= 11 is 0. The summed E-state index contributed by atoms with van der Waals surface area (Å²) in [5, 5.41) is 4.98. The van der Waals surface area contributed by atoms with Crippen LogP contribution in [0.1, 0.15) is 30.9 Å². The van der Waals surface area contributed by atoms with Gasteiger partial charge >= 0.3 is 0 Å². The van der Waals surface area contributed by atoms with E-state index in [0.717, 1.165) is 33.3 Å². The Morgan fingerprint density at radius 1 is 0.906 bits per heavy atom. The molecule has 1 N–H and O–H groups in total. The molecule has 0 amide bonds. The molecule has 0 aliphatic heterocycles. The highest BCUT2D eigenvalue weighted by Gasteiger charge is 2.23. The van der Waals surface area contributed by atoms with E-state index >= 15 is 0 Å². The van der Waals surface area contributed by atoms with Gasteiger partial charge in [-0.2, -0.15) is 0 Å². The third-order valence-electron chi connectivity index (χ3n) is 6.20. The smallest absolute Gasteiger partial charge is 0.262 e. The monoisotopic (exact) mass is 422 g/mol. The fraction of sp³-hybridized carbons (Fsp3) is 0.179. The zero-order valence-electron chi connectivity index (χ0n) is 18.8. The molecule has 2 aromatic heterocycles.